The summed E-state index contributed by atoms with van der Waals surface area (Å²) in [5, 5.41) is 13.7. The van der Waals surface area contributed by atoms with Crippen molar-refractivity contribution in [2.75, 3.05) is 31.5 Å². The third kappa shape index (κ3) is 5.54. The van der Waals surface area contributed by atoms with Gasteiger partial charge < -0.3 is 15.1 Å². The average Bonchev–Trinajstić information content (AvgIpc) is 2.85. The van der Waals surface area contributed by atoms with Crippen molar-refractivity contribution in [3.05, 3.63) is 70.0 Å². The van der Waals surface area contributed by atoms with Gasteiger partial charge in [0.1, 0.15) is 5.82 Å². The summed E-state index contributed by atoms with van der Waals surface area (Å²) >= 11 is 0. The summed E-state index contributed by atoms with van der Waals surface area (Å²) in [4.78, 5) is 39.8. The van der Waals surface area contributed by atoms with Crippen molar-refractivity contribution >= 4 is 23.2 Å². The molecule has 0 unspecified atom stereocenters. The highest BCUT2D eigenvalue weighted by Gasteiger charge is 2.32. The van der Waals surface area contributed by atoms with Crippen molar-refractivity contribution in [1.29, 1.82) is 0 Å². The Kier molecular flexibility index (Phi) is 6.98. The number of hydrogen-bond acceptors (Lipinski definition) is 5. The fourth-order valence-electron chi connectivity index (χ4n) is 4.65. The van der Waals surface area contributed by atoms with Gasteiger partial charge in [0.15, 0.2) is 0 Å². The lowest BCUT2D eigenvalue weighted by Gasteiger charge is -2.41. The predicted octanol–water partition coefficient (Wildman–Crippen LogP) is 3.69. The number of anilines is 1. The number of nitrogens with one attached hydrogen (secondary N) is 1. The van der Waals surface area contributed by atoms with Crippen LogP contribution in [0.1, 0.15) is 36.0 Å². The fraction of sp³-hybridized carbons (Fsp3) is 0.417. The normalized spacial score (nSPS) is 18.2. The highest BCUT2D eigenvalue weighted by molar-refractivity contribution is 5.94. The van der Waals surface area contributed by atoms with Gasteiger partial charge in [-0.15, -0.1) is 0 Å². The van der Waals surface area contributed by atoms with Gasteiger partial charge in [-0.25, -0.2) is 4.39 Å². The molecule has 2 aromatic rings. The van der Waals surface area contributed by atoms with Gasteiger partial charge in [0, 0.05) is 48.4 Å². The van der Waals surface area contributed by atoms with Crippen molar-refractivity contribution in [3.8, 4) is 0 Å². The Morgan fingerprint density at radius 3 is 2.09 bits per heavy atom. The van der Waals surface area contributed by atoms with Crippen LogP contribution >= 0.6 is 0 Å². The Morgan fingerprint density at radius 2 is 1.52 bits per heavy atom. The van der Waals surface area contributed by atoms with E-state index >= 15 is 0 Å². The highest BCUT2D eigenvalue weighted by atomic mass is 19.1. The quantitative estimate of drug-likeness (QED) is 0.549. The standard InChI is InChI=1S/C24H27FN4O4/c25-19-3-5-20(6-4-19)26-23(30)17-9-13-27(14-10-17)21-11-15-28(16-12-21)24(31)18-1-7-22(8-2-18)29(32)33/h1-8,17,21H,9-16H2,(H,26,30). The number of likely N-dealkylation sites (tertiary alicyclic amines) is 2. The minimum atomic E-state index is -0.477. The Morgan fingerprint density at radius 1 is 0.909 bits per heavy atom. The monoisotopic (exact) mass is 454 g/mol. The summed E-state index contributed by atoms with van der Waals surface area (Å²) in [7, 11) is 0. The van der Waals surface area contributed by atoms with E-state index in [4.69, 9.17) is 0 Å². The van der Waals surface area contributed by atoms with Crippen molar-refractivity contribution in [1.82, 2.24) is 9.80 Å². The molecule has 0 radical (unpaired) electrons. The number of amides is 2. The maximum Gasteiger partial charge on any atom is 0.269 e. The number of non-ortho nitro benzene ring substituents is 1. The lowest BCUT2D eigenvalue weighted by molar-refractivity contribution is -0.384. The molecule has 2 aromatic carbocycles. The lowest BCUT2D eigenvalue weighted by atomic mass is 9.92. The largest absolute Gasteiger partial charge is 0.339 e. The molecule has 0 spiro atoms. The van der Waals surface area contributed by atoms with E-state index in [1.807, 2.05) is 0 Å². The zero-order valence-electron chi connectivity index (χ0n) is 18.3. The summed E-state index contributed by atoms with van der Waals surface area (Å²) in [5.41, 5.74) is 1.04. The number of rotatable bonds is 5. The van der Waals surface area contributed by atoms with Gasteiger partial charge in [-0.3, -0.25) is 19.7 Å². The molecular weight excluding hydrogens is 427 g/mol. The second kappa shape index (κ2) is 10.1. The molecule has 174 valence electrons. The molecule has 1 N–H and O–H groups in total. The van der Waals surface area contributed by atoms with Gasteiger partial charge in [-0.2, -0.15) is 0 Å². The molecule has 0 aliphatic carbocycles. The number of carbonyl (C=O) groups is 2. The Balaban J connectivity index is 1.23. The van der Waals surface area contributed by atoms with Crippen LogP contribution in [0.3, 0.4) is 0 Å². The van der Waals surface area contributed by atoms with Gasteiger partial charge in [-0.05, 0) is 75.2 Å². The summed E-state index contributed by atoms with van der Waals surface area (Å²) in [5.74, 6) is -0.513. The van der Waals surface area contributed by atoms with Crippen molar-refractivity contribution in [2.24, 2.45) is 5.92 Å². The molecule has 8 nitrogen and oxygen atoms in total. The molecule has 4 rings (SSSR count). The van der Waals surface area contributed by atoms with Crippen LogP contribution in [0, 0.1) is 21.8 Å². The number of carbonyl (C=O) groups excluding carboxylic acids is 2. The Labute approximate surface area is 191 Å². The maximum absolute atomic E-state index is 13.0. The van der Waals surface area contributed by atoms with Crippen LogP contribution < -0.4 is 5.32 Å². The molecule has 0 saturated carbocycles. The van der Waals surface area contributed by atoms with Crippen LogP contribution in [0.4, 0.5) is 15.8 Å². The second-order valence-corrected chi connectivity index (χ2v) is 8.63. The molecule has 0 aromatic heterocycles. The fourth-order valence-corrected chi connectivity index (χ4v) is 4.65. The molecular formula is C24H27FN4O4. The highest BCUT2D eigenvalue weighted by Crippen LogP contribution is 2.26. The SMILES string of the molecule is O=C(Nc1ccc(F)cc1)C1CCN(C2CCN(C(=O)c3ccc([N+](=O)[O-])cc3)CC2)CC1. The summed E-state index contributed by atoms with van der Waals surface area (Å²) in [6.07, 6.45) is 3.28. The van der Waals surface area contributed by atoms with Gasteiger partial charge in [0.25, 0.3) is 11.6 Å². The van der Waals surface area contributed by atoms with Crippen molar-refractivity contribution < 1.29 is 18.9 Å². The predicted molar refractivity (Wildman–Crippen MR) is 121 cm³/mol. The molecule has 2 aliphatic heterocycles. The zero-order valence-corrected chi connectivity index (χ0v) is 18.3. The lowest BCUT2D eigenvalue weighted by Crippen LogP contribution is -2.49. The van der Waals surface area contributed by atoms with Crippen LogP contribution in [0.5, 0.6) is 0 Å². The van der Waals surface area contributed by atoms with Crippen molar-refractivity contribution in [2.45, 2.75) is 31.7 Å². The number of piperidine rings is 2. The number of nitrogens with zero attached hydrogens (tertiary/aromatic N) is 3. The first-order chi connectivity index (χ1) is 15.9. The topological polar surface area (TPSA) is 95.8 Å². The molecule has 2 heterocycles. The number of halogens is 1. The van der Waals surface area contributed by atoms with Crippen LogP contribution in [0.25, 0.3) is 0 Å². The molecule has 33 heavy (non-hydrogen) atoms. The number of nitro groups is 1. The summed E-state index contributed by atoms with van der Waals surface area (Å²) < 4.78 is 13.0. The van der Waals surface area contributed by atoms with Crippen LogP contribution in [-0.2, 0) is 4.79 Å². The molecule has 2 amide bonds. The van der Waals surface area contributed by atoms with E-state index in [1.165, 1.54) is 36.4 Å². The van der Waals surface area contributed by atoms with Crippen LogP contribution in [-0.4, -0.2) is 58.8 Å². The van der Waals surface area contributed by atoms with Gasteiger partial charge in [0.05, 0.1) is 4.92 Å². The van der Waals surface area contributed by atoms with Crippen LogP contribution in [0.2, 0.25) is 0 Å². The first kappa shape index (κ1) is 22.8. The van der Waals surface area contributed by atoms with E-state index in [2.05, 4.69) is 10.2 Å². The van der Waals surface area contributed by atoms with Gasteiger partial charge >= 0.3 is 0 Å². The molecule has 0 bridgehead atoms. The van der Waals surface area contributed by atoms with Gasteiger partial charge in [0.2, 0.25) is 5.91 Å². The maximum atomic E-state index is 13.0. The smallest absolute Gasteiger partial charge is 0.269 e. The zero-order chi connectivity index (χ0) is 23.4. The Hall–Kier alpha value is -3.33. The summed E-state index contributed by atoms with van der Waals surface area (Å²) in [6, 6.07) is 11.9. The third-order valence-electron chi connectivity index (χ3n) is 6.61. The summed E-state index contributed by atoms with van der Waals surface area (Å²) in [6.45, 7) is 2.96. The van der Waals surface area contributed by atoms with E-state index in [1.54, 1.807) is 17.0 Å². The Bertz CT molecular complexity index is 996. The van der Waals surface area contributed by atoms with Gasteiger partial charge in [-0.1, -0.05) is 0 Å². The molecule has 0 atom stereocenters. The molecule has 2 fully saturated rings. The first-order valence-corrected chi connectivity index (χ1v) is 11.2. The van der Waals surface area contributed by atoms with E-state index in [0.717, 1.165) is 38.8 Å². The van der Waals surface area contributed by atoms with Crippen LogP contribution in [0.15, 0.2) is 48.5 Å². The van der Waals surface area contributed by atoms with Crippen molar-refractivity contribution in [3.63, 3.8) is 0 Å². The molecule has 2 saturated heterocycles. The molecule has 2 aliphatic rings. The minimum Gasteiger partial charge on any atom is -0.339 e. The number of nitro benzene ring substituents is 1. The average molecular weight is 455 g/mol. The van der Waals surface area contributed by atoms with E-state index in [0.29, 0.717) is 30.4 Å². The molecule has 9 heteroatoms. The number of benzene rings is 2. The number of hydrogen-bond donors (Lipinski definition) is 1. The van der Waals surface area contributed by atoms with E-state index in [9.17, 15) is 24.1 Å². The first-order valence-electron chi connectivity index (χ1n) is 11.2. The third-order valence-corrected chi connectivity index (χ3v) is 6.61. The second-order valence-electron chi connectivity index (χ2n) is 8.63. The minimum absolute atomic E-state index is 0.0234. The van der Waals surface area contributed by atoms with E-state index < -0.39 is 4.92 Å². The van der Waals surface area contributed by atoms with E-state index in [-0.39, 0.29) is 29.2 Å².